The summed E-state index contributed by atoms with van der Waals surface area (Å²) in [5, 5.41) is 2.72. The van der Waals surface area contributed by atoms with Crippen molar-refractivity contribution in [1.29, 1.82) is 0 Å². The molecule has 146 valence electrons. The number of amides is 1. The highest BCUT2D eigenvalue weighted by Gasteiger charge is 2.20. The molecule has 0 aromatic heterocycles. The smallest absolute Gasteiger partial charge is 0.239 e. The maximum Gasteiger partial charge on any atom is 0.239 e. The zero-order chi connectivity index (χ0) is 19.9. The van der Waals surface area contributed by atoms with Gasteiger partial charge in [0.25, 0.3) is 0 Å². The Morgan fingerprint density at radius 1 is 1.04 bits per heavy atom. The summed E-state index contributed by atoms with van der Waals surface area (Å²) in [5.41, 5.74) is 0.581. The van der Waals surface area contributed by atoms with E-state index < -0.39 is 10.0 Å². The van der Waals surface area contributed by atoms with Crippen LogP contribution in [0.5, 0.6) is 11.5 Å². The second-order valence-corrected chi connectivity index (χ2v) is 8.75. The van der Waals surface area contributed by atoms with Crippen molar-refractivity contribution >= 4 is 21.6 Å². The van der Waals surface area contributed by atoms with Gasteiger partial charge >= 0.3 is 0 Å². The van der Waals surface area contributed by atoms with Crippen LogP contribution in [0.15, 0.2) is 54.6 Å². The van der Waals surface area contributed by atoms with Crippen molar-refractivity contribution in [2.24, 2.45) is 5.92 Å². The van der Waals surface area contributed by atoms with E-state index in [-0.39, 0.29) is 12.5 Å². The molecule has 0 heterocycles. The summed E-state index contributed by atoms with van der Waals surface area (Å²) in [6, 6.07) is 16.3. The highest BCUT2D eigenvalue weighted by Crippen LogP contribution is 2.22. The number of hydrogen-bond acceptors (Lipinski definition) is 4. The van der Waals surface area contributed by atoms with Gasteiger partial charge in [-0.05, 0) is 48.7 Å². The Morgan fingerprint density at radius 2 is 1.63 bits per heavy atom. The van der Waals surface area contributed by atoms with Gasteiger partial charge in [0.1, 0.15) is 11.5 Å². The number of carbonyl (C=O) groups is 1. The lowest BCUT2D eigenvalue weighted by atomic mass is 10.1. The summed E-state index contributed by atoms with van der Waals surface area (Å²) < 4.78 is 30.7. The Hall–Kier alpha value is -2.38. The van der Waals surface area contributed by atoms with Gasteiger partial charge in [0.05, 0.1) is 12.8 Å². The molecule has 7 heteroatoms. The van der Waals surface area contributed by atoms with Gasteiger partial charge in [-0.1, -0.05) is 32.0 Å². The first kappa shape index (κ1) is 20.9. The van der Waals surface area contributed by atoms with E-state index in [0.29, 0.717) is 30.3 Å². The minimum absolute atomic E-state index is 0.201. The Balaban J connectivity index is 1.94. The van der Waals surface area contributed by atoms with Crippen LogP contribution in [-0.4, -0.2) is 38.0 Å². The van der Waals surface area contributed by atoms with E-state index in [0.717, 1.165) is 12.0 Å². The molecule has 2 rings (SSSR count). The van der Waals surface area contributed by atoms with Crippen LogP contribution in [0.25, 0.3) is 0 Å². The van der Waals surface area contributed by atoms with E-state index in [1.54, 1.807) is 24.3 Å². The predicted molar refractivity (Wildman–Crippen MR) is 107 cm³/mol. The van der Waals surface area contributed by atoms with Crippen LogP contribution < -0.4 is 10.1 Å². The summed E-state index contributed by atoms with van der Waals surface area (Å²) in [4.78, 5) is 12.2. The van der Waals surface area contributed by atoms with E-state index in [1.165, 1.54) is 4.31 Å². The van der Waals surface area contributed by atoms with Crippen molar-refractivity contribution < 1.29 is 17.9 Å². The molecule has 0 unspecified atom stereocenters. The first-order valence-corrected chi connectivity index (χ1v) is 10.7. The number of sulfonamides is 1. The molecular weight excluding hydrogens is 364 g/mol. The van der Waals surface area contributed by atoms with E-state index in [1.807, 2.05) is 44.2 Å². The Bertz CT molecular complexity index is 834. The molecule has 0 aliphatic heterocycles. The van der Waals surface area contributed by atoms with E-state index in [4.69, 9.17) is 4.74 Å². The number of hydrogen-bond donors (Lipinski definition) is 1. The van der Waals surface area contributed by atoms with Gasteiger partial charge < -0.3 is 10.1 Å². The van der Waals surface area contributed by atoms with Crippen LogP contribution in [0, 0.1) is 5.92 Å². The van der Waals surface area contributed by atoms with E-state index >= 15 is 0 Å². The Morgan fingerprint density at radius 3 is 2.19 bits per heavy atom. The van der Waals surface area contributed by atoms with Gasteiger partial charge in [0.15, 0.2) is 0 Å². The largest absolute Gasteiger partial charge is 0.457 e. The molecule has 0 bridgehead atoms. The van der Waals surface area contributed by atoms with Crippen LogP contribution in [0.2, 0.25) is 0 Å². The van der Waals surface area contributed by atoms with Crippen molar-refractivity contribution in [3.05, 3.63) is 54.6 Å². The van der Waals surface area contributed by atoms with Crippen LogP contribution in [0.1, 0.15) is 20.3 Å². The lowest BCUT2D eigenvalue weighted by Gasteiger charge is -2.20. The van der Waals surface area contributed by atoms with E-state index in [9.17, 15) is 13.2 Å². The van der Waals surface area contributed by atoms with Crippen LogP contribution >= 0.6 is 0 Å². The molecule has 1 N–H and O–H groups in total. The molecule has 0 aliphatic carbocycles. The summed E-state index contributed by atoms with van der Waals surface area (Å²) >= 11 is 0. The van der Waals surface area contributed by atoms with Gasteiger partial charge in [-0.2, -0.15) is 4.31 Å². The lowest BCUT2D eigenvalue weighted by molar-refractivity contribution is -0.116. The molecule has 0 saturated heterocycles. The molecular formula is C20H26N2O4S. The fraction of sp³-hybridized carbons (Fsp3) is 0.350. The molecule has 6 nitrogen and oxygen atoms in total. The van der Waals surface area contributed by atoms with Gasteiger partial charge in [0, 0.05) is 12.2 Å². The zero-order valence-corrected chi connectivity index (χ0v) is 16.7. The molecule has 2 aromatic rings. The SMILES string of the molecule is CC(C)CCN(CC(=O)Nc1ccc(Oc2ccccc2)cc1)S(C)(=O)=O. The standard InChI is InChI=1S/C20H26N2O4S/c1-16(2)13-14-22(27(3,24)25)15-20(23)21-17-9-11-19(12-10-17)26-18-7-5-4-6-8-18/h4-12,16H,13-15H2,1-3H3,(H,21,23). The maximum atomic E-state index is 12.2. The van der Waals surface area contributed by atoms with Crippen molar-refractivity contribution in [2.45, 2.75) is 20.3 Å². The molecule has 1 amide bonds. The Kier molecular flexibility index (Phi) is 7.38. The van der Waals surface area contributed by atoms with Crippen LogP contribution in [0.4, 0.5) is 5.69 Å². The molecule has 0 spiro atoms. The third-order valence-electron chi connectivity index (χ3n) is 3.86. The monoisotopic (exact) mass is 390 g/mol. The summed E-state index contributed by atoms with van der Waals surface area (Å²) in [6.07, 6.45) is 1.82. The molecule has 0 atom stereocenters. The third kappa shape index (κ3) is 7.40. The normalized spacial score (nSPS) is 11.6. The topological polar surface area (TPSA) is 75.7 Å². The number of para-hydroxylation sites is 1. The fourth-order valence-electron chi connectivity index (χ4n) is 2.36. The number of nitrogens with one attached hydrogen (secondary N) is 1. The quantitative estimate of drug-likeness (QED) is 0.708. The molecule has 27 heavy (non-hydrogen) atoms. The first-order valence-electron chi connectivity index (χ1n) is 8.82. The number of benzene rings is 2. The minimum Gasteiger partial charge on any atom is -0.457 e. The Labute approximate surface area is 161 Å². The highest BCUT2D eigenvalue weighted by molar-refractivity contribution is 7.88. The average molecular weight is 391 g/mol. The number of ether oxygens (including phenoxy) is 1. The van der Waals surface area contributed by atoms with Gasteiger partial charge in [-0.15, -0.1) is 0 Å². The van der Waals surface area contributed by atoms with Crippen molar-refractivity contribution in [1.82, 2.24) is 4.31 Å². The second kappa shape index (κ2) is 9.53. The van der Waals surface area contributed by atoms with Gasteiger partial charge in [-0.3, -0.25) is 4.79 Å². The zero-order valence-electron chi connectivity index (χ0n) is 15.9. The molecule has 0 aliphatic rings. The van der Waals surface area contributed by atoms with Crippen molar-refractivity contribution in [3.63, 3.8) is 0 Å². The molecule has 2 aromatic carbocycles. The summed E-state index contributed by atoms with van der Waals surface area (Å²) in [7, 11) is -3.44. The summed E-state index contributed by atoms with van der Waals surface area (Å²) in [5.74, 6) is 1.35. The number of rotatable bonds is 9. The molecule has 0 radical (unpaired) electrons. The first-order chi connectivity index (χ1) is 12.7. The van der Waals surface area contributed by atoms with E-state index in [2.05, 4.69) is 5.32 Å². The predicted octanol–water partition coefficient (Wildman–Crippen LogP) is 3.73. The summed E-state index contributed by atoms with van der Waals surface area (Å²) in [6.45, 7) is 4.15. The fourth-order valence-corrected chi connectivity index (χ4v) is 3.14. The van der Waals surface area contributed by atoms with Crippen LogP contribution in [0.3, 0.4) is 0 Å². The number of carbonyl (C=O) groups excluding carboxylic acids is 1. The maximum absolute atomic E-state index is 12.2. The lowest BCUT2D eigenvalue weighted by Crippen LogP contribution is -2.38. The highest BCUT2D eigenvalue weighted by atomic mass is 32.2. The van der Waals surface area contributed by atoms with Crippen molar-refractivity contribution in [2.75, 3.05) is 24.7 Å². The van der Waals surface area contributed by atoms with Crippen molar-refractivity contribution in [3.8, 4) is 11.5 Å². The molecule has 0 fully saturated rings. The number of anilines is 1. The average Bonchev–Trinajstić information content (AvgIpc) is 2.60. The van der Waals surface area contributed by atoms with Gasteiger partial charge in [0.2, 0.25) is 15.9 Å². The number of nitrogens with zero attached hydrogens (tertiary/aromatic N) is 1. The second-order valence-electron chi connectivity index (χ2n) is 6.77. The third-order valence-corrected chi connectivity index (χ3v) is 5.11. The minimum atomic E-state index is -3.44. The molecule has 0 saturated carbocycles. The van der Waals surface area contributed by atoms with Crippen LogP contribution in [-0.2, 0) is 14.8 Å². The van der Waals surface area contributed by atoms with Gasteiger partial charge in [-0.25, -0.2) is 8.42 Å².